The van der Waals surface area contributed by atoms with Crippen LogP contribution in [0.5, 0.6) is 0 Å². The van der Waals surface area contributed by atoms with Crippen molar-refractivity contribution in [3.8, 4) is 5.69 Å². The molecule has 0 aliphatic carbocycles. The van der Waals surface area contributed by atoms with Crippen molar-refractivity contribution in [1.82, 2.24) is 14.8 Å². The summed E-state index contributed by atoms with van der Waals surface area (Å²) in [5.74, 6) is -0.578. The molecule has 0 unspecified atom stereocenters. The standard InChI is InChI=1S/C9H6N4O3/c14-6-8-10-11-9(13(15)16)12(8)7-4-2-1-3-5-7/h1-6H. The van der Waals surface area contributed by atoms with E-state index in [1.165, 1.54) is 0 Å². The maximum atomic E-state index is 10.7. The minimum atomic E-state index is -0.688. The highest BCUT2D eigenvalue weighted by molar-refractivity contribution is 5.71. The molecule has 7 nitrogen and oxygen atoms in total. The Bertz CT molecular complexity index is 535. The Kier molecular flexibility index (Phi) is 2.42. The van der Waals surface area contributed by atoms with Crippen LogP contribution in [-0.2, 0) is 0 Å². The van der Waals surface area contributed by atoms with Crippen LogP contribution in [0.3, 0.4) is 0 Å². The zero-order valence-corrected chi connectivity index (χ0v) is 7.98. The van der Waals surface area contributed by atoms with Crippen molar-refractivity contribution in [2.75, 3.05) is 0 Å². The molecule has 1 heterocycles. The first-order chi connectivity index (χ1) is 7.74. The lowest BCUT2D eigenvalue weighted by Gasteiger charge is -1.99. The summed E-state index contributed by atoms with van der Waals surface area (Å²) in [6.45, 7) is 0. The molecule has 1 aromatic carbocycles. The van der Waals surface area contributed by atoms with Gasteiger partial charge in [-0.25, -0.2) is 0 Å². The van der Waals surface area contributed by atoms with Gasteiger partial charge in [0.2, 0.25) is 6.29 Å². The van der Waals surface area contributed by atoms with Crippen molar-refractivity contribution in [3.05, 3.63) is 46.3 Å². The van der Waals surface area contributed by atoms with Crippen molar-refractivity contribution in [1.29, 1.82) is 0 Å². The largest absolute Gasteiger partial charge is 0.463 e. The third-order valence-corrected chi connectivity index (χ3v) is 1.95. The summed E-state index contributed by atoms with van der Waals surface area (Å²) >= 11 is 0. The van der Waals surface area contributed by atoms with Gasteiger partial charge in [0.25, 0.3) is 5.82 Å². The molecule has 1 aromatic heterocycles. The number of aldehydes is 1. The number of hydrogen-bond donors (Lipinski definition) is 0. The van der Waals surface area contributed by atoms with Gasteiger partial charge in [0.15, 0.2) is 0 Å². The molecular weight excluding hydrogens is 212 g/mol. The van der Waals surface area contributed by atoms with Gasteiger partial charge in [-0.3, -0.25) is 4.79 Å². The predicted molar refractivity (Wildman–Crippen MR) is 53.4 cm³/mol. The summed E-state index contributed by atoms with van der Waals surface area (Å²) in [4.78, 5) is 20.7. The zero-order valence-electron chi connectivity index (χ0n) is 7.98. The van der Waals surface area contributed by atoms with Gasteiger partial charge in [-0.05, 0) is 22.2 Å². The van der Waals surface area contributed by atoms with E-state index in [0.29, 0.717) is 12.0 Å². The van der Waals surface area contributed by atoms with Crippen molar-refractivity contribution >= 4 is 12.2 Å². The predicted octanol–water partition coefficient (Wildman–Crippen LogP) is 0.988. The number of rotatable bonds is 3. The Morgan fingerprint density at radius 2 is 1.94 bits per heavy atom. The van der Waals surface area contributed by atoms with E-state index in [1.807, 2.05) is 0 Å². The second-order valence-electron chi connectivity index (χ2n) is 2.90. The van der Waals surface area contributed by atoms with Gasteiger partial charge in [-0.1, -0.05) is 18.2 Å². The van der Waals surface area contributed by atoms with E-state index in [2.05, 4.69) is 10.2 Å². The van der Waals surface area contributed by atoms with Crippen LogP contribution in [-0.4, -0.2) is 26.0 Å². The Labute approximate surface area is 89.5 Å². The van der Waals surface area contributed by atoms with Crippen LogP contribution < -0.4 is 0 Å². The molecule has 0 spiro atoms. The van der Waals surface area contributed by atoms with Crippen LogP contribution in [0.2, 0.25) is 0 Å². The zero-order chi connectivity index (χ0) is 11.5. The molecule has 0 aliphatic heterocycles. The van der Waals surface area contributed by atoms with E-state index in [9.17, 15) is 14.9 Å². The third-order valence-electron chi connectivity index (χ3n) is 1.95. The van der Waals surface area contributed by atoms with Gasteiger partial charge >= 0.3 is 5.95 Å². The Balaban J connectivity index is 2.66. The van der Waals surface area contributed by atoms with E-state index in [0.717, 1.165) is 4.57 Å². The molecule has 2 aromatic rings. The summed E-state index contributed by atoms with van der Waals surface area (Å²) in [6.07, 6.45) is 0.424. The summed E-state index contributed by atoms with van der Waals surface area (Å²) < 4.78 is 1.09. The van der Waals surface area contributed by atoms with Crippen molar-refractivity contribution < 1.29 is 9.72 Å². The van der Waals surface area contributed by atoms with Crippen LogP contribution in [0.25, 0.3) is 5.69 Å². The quantitative estimate of drug-likeness (QED) is 0.435. The molecule has 16 heavy (non-hydrogen) atoms. The lowest BCUT2D eigenvalue weighted by Crippen LogP contribution is -2.04. The molecule has 0 aliphatic rings. The summed E-state index contributed by atoms with van der Waals surface area (Å²) in [5, 5.41) is 17.5. The van der Waals surface area contributed by atoms with E-state index in [4.69, 9.17) is 0 Å². The van der Waals surface area contributed by atoms with Gasteiger partial charge in [0.1, 0.15) is 5.69 Å². The number of carbonyl (C=O) groups excluding carboxylic acids is 1. The fourth-order valence-electron chi connectivity index (χ4n) is 1.31. The molecule has 0 fully saturated rings. The molecule has 0 radical (unpaired) electrons. The van der Waals surface area contributed by atoms with Crippen LogP contribution >= 0.6 is 0 Å². The fourth-order valence-corrected chi connectivity index (χ4v) is 1.31. The Morgan fingerprint density at radius 1 is 1.25 bits per heavy atom. The minimum absolute atomic E-state index is 0.0992. The van der Waals surface area contributed by atoms with Crippen molar-refractivity contribution in [2.24, 2.45) is 0 Å². The van der Waals surface area contributed by atoms with Gasteiger partial charge in [0.05, 0.1) is 5.10 Å². The Morgan fingerprint density at radius 3 is 2.50 bits per heavy atom. The monoisotopic (exact) mass is 218 g/mol. The first-order valence-electron chi connectivity index (χ1n) is 4.34. The van der Waals surface area contributed by atoms with E-state index < -0.39 is 10.9 Å². The van der Waals surface area contributed by atoms with Crippen LogP contribution in [0.1, 0.15) is 10.6 Å². The number of aromatic nitrogens is 3. The molecule has 0 amide bonds. The second-order valence-corrected chi connectivity index (χ2v) is 2.90. The van der Waals surface area contributed by atoms with Gasteiger partial charge in [0, 0.05) is 0 Å². The highest BCUT2D eigenvalue weighted by atomic mass is 16.6. The molecule has 0 bridgehead atoms. The van der Waals surface area contributed by atoms with Crippen LogP contribution in [0.4, 0.5) is 5.95 Å². The normalized spacial score (nSPS) is 10.0. The van der Waals surface area contributed by atoms with Crippen molar-refractivity contribution in [2.45, 2.75) is 0 Å². The number of nitrogens with zero attached hydrogens (tertiary/aromatic N) is 4. The van der Waals surface area contributed by atoms with Crippen LogP contribution in [0.15, 0.2) is 30.3 Å². The number of benzene rings is 1. The lowest BCUT2D eigenvalue weighted by molar-refractivity contribution is -0.395. The highest BCUT2D eigenvalue weighted by Crippen LogP contribution is 2.16. The molecule has 0 atom stereocenters. The van der Waals surface area contributed by atoms with E-state index >= 15 is 0 Å². The van der Waals surface area contributed by atoms with Gasteiger partial charge in [-0.2, -0.15) is 4.57 Å². The molecular formula is C9H6N4O3. The maximum absolute atomic E-state index is 10.7. The second kappa shape index (κ2) is 3.89. The average molecular weight is 218 g/mol. The number of para-hydroxylation sites is 1. The lowest BCUT2D eigenvalue weighted by atomic mass is 10.3. The Hall–Kier alpha value is -2.57. The maximum Gasteiger partial charge on any atom is 0.463 e. The smallest absolute Gasteiger partial charge is 0.390 e. The number of hydrogen-bond acceptors (Lipinski definition) is 5. The van der Waals surface area contributed by atoms with Crippen LogP contribution in [0, 0.1) is 10.1 Å². The molecule has 0 saturated heterocycles. The fraction of sp³-hybridized carbons (Fsp3) is 0. The van der Waals surface area contributed by atoms with E-state index in [-0.39, 0.29) is 5.82 Å². The summed E-state index contributed by atoms with van der Waals surface area (Å²) in [5.41, 5.74) is 0.473. The van der Waals surface area contributed by atoms with Gasteiger partial charge in [-0.15, -0.1) is 0 Å². The van der Waals surface area contributed by atoms with Crippen molar-refractivity contribution in [3.63, 3.8) is 0 Å². The summed E-state index contributed by atoms with van der Waals surface area (Å²) in [6, 6.07) is 8.42. The minimum Gasteiger partial charge on any atom is -0.390 e. The summed E-state index contributed by atoms with van der Waals surface area (Å²) in [7, 11) is 0. The number of carbonyl (C=O) groups is 1. The average Bonchev–Trinajstić information content (AvgIpc) is 2.73. The number of nitro groups is 1. The topological polar surface area (TPSA) is 90.9 Å². The molecule has 0 saturated carbocycles. The molecule has 2 rings (SSSR count). The molecule has 7 heteroatoms. The molecule has 80 valence electrons. The van der Waals surface area contributed by atoms with E-state index in [1.54, 1.807) is 30.3 Å². The highest BCUT2D eigenvalue weighted by Gasteiger charge is 2.23. The third kappa shape index (κ3) is 1.54. The van der Waals surface area contributed by atoms with Gasteiger partial charge < -0.3 is 10.1 Å². The first-order valence-corrected chi connectivity index (χ1v) is 4.34. The first kappa shape index (κ1) is 9.97. The SMILES string of the molecule is O=Cc1nnc([N+](=O)[O-])n1-c1ccccc1. The molecule has 0 N–H and O–H groups in total.